The fourth-order valence-electron chi connectivity index (χ4n) is 1.69. The molecule has 0 aliphatic rings. The van der Waals surface area contributed by atoms with Gasteiger partial charge in [0, 0.05) is 12.7 Å². The normalized spacial score (nSPS) is 9.67. The second-order valence-corrected chi connectivity index (χ2v) is 4.25. The number of carbonyl (C=O) groups is 1. The molecule has 0 radical (unpaired) electrons. The maximum Gasteiger partial charge on any atom is 0.319 e. The molecule has 21 heavy (non-hydrogen) atoms. The molecule has 0 bridgehead atoms. The summed E-state index contributed by atoms with van der Waals surface area (Å²) in [5.74, 6) is 3.15. The Kier molecular flexibility index (Phi) is 5.24. The molecule has 6 nitrogen and oxygen atoms in total. The van der Waals surface area contributed by atoms with E-state index in [4.69, 9.17) is 11.2 Å². The van der Waals surface area contributed by atoms with Gasteiger partial charge in [-0.15, -0.1) is 6.42 Å². The van der Waals surface area contributed by atoms with E-state index in [9.17, 15) is 4.79 Å². The molecular formula is C15H16N4O2. The summed E-state index contributed by atoms with van der Waals surface area (Å²) in [6, 6.07) is 7.35. The van der Waals surface area contributed by atoms with Crippen LogP contribution in [0.15, 0.2) is 36.7 Å². The summed E-state index contributed by atoms with van der Waals surface area (Å²) in [4.78, 5) is 11.6. The zero-order chi connectivity index (χ0) is 14.9. The second-order valence-electron chi connectivity index (χ2n) is 4.25. The molecule has 2 aromatic rings. The van der Waals surface area contributed by atoms with Crippen LogP contribution < -0.4 is 15.4 Å². The molecule has 0 unspecified atom stereocenters. The number of anilines is 1. The van der Waals surface area contributed by atoms with Crippen LogP contribution in [0.1, 0.15) is 5.56 Å². The van der Waals surface area contributed by atoms with Crippen LogP contribution in [0.3, 0.4) is 0 Å². The summed E-state index contributed by atoms with van der Waals surface area (Å²) in [5.41, 5.74) is 1.73. The Hall–Kier alpha value is -2.94. The van der Waals surface area contributed by atoms with E-state index in [0.29, 0.717) is 12.2 Å². The van der Waals surface area contributed by atoms with Gasteiger partial charge in [0.05, 0.1) is 11.9 Å². The Morgan fingerprint density at radius 2 is 2.19 bits per heavy atom. The Morgan fingerprint density at radius 1 is 1.38 bits per heavy atom. The summed E-state index contributed by atoms with van der Waals surface area (Å²) in [6.07, 6.45) is 8.99. The van der Waals surface area contributed by atoms with Gasteiger partial charge in [0.15, 0.2) is 0 Å². The lowest BCUT2D eigenvalue weighted by molar-refractivity contribution is 0.252. The van der Waals surface area contributed by atoms with E-state index >= 15 is 0 Å². The number of amides is 2. The first kappa shape index (κ1) is 14.5. The number of aromatic amines is 1. The minimum atomic E-state index is -0.259. The van der Waals surface area contributed by atoms with Crippen LogP contribution in [0.25, 0.3) is 0 Å². The van der Waals surface area contributed by atoms with E-state index in [1.807, 2.05) is 24.3 Å². The SMILES string of the molecule is C#CCOc1ccc(CCNC(=O)Nc2cn[nH]c2)cc1. The minimum absolute atomic E-state index is 0.259. The van der Waals surface area contributed by atoms with E-state index in [1.165, 1.54) is 6.20 Å². The van der Waals surface area contributed by atoms with Crippen molar-refractivity contribution in [2.75, 3.05) is 18.5 Å². The highest BCUT2D eigenvalue weighted by Crippen LogP contribution is 2.12. The molecule has 2 amide bonds. The van der Waals surface area contributed by atoms with Crippen LogP contribution in [0.4, 0.5) is 10.5 Å². The van der Waals surface area contributed by atoms with E-state index in [-0.39, 0.29) is 12.6 Å². The van der Waals surface area contributed by atoms with Crippen LogP contribution in [0, 0.1) is 12.3 Å². The number of terminal acetylenes is 1. The van der Waals surface area contributed by atoms with E-state index < -0.39 is 0 Å². The highest BCUT2D eigenvalue weighted by molar-refractivity contribution is 5.88. The van der Waals surface area contributed by atoms with Gasteiger partial charge < -0.3 is 15.4 Å². The number of nitrogens with one attached hydrogen (secondary N) is 3. The van der Waals surface area contributed by atoms with Gasteiger partial charge in [-0.05, 0) is 24.1 Å². The van der Waals surface area contributed by atoms with Gasteiger partial charge in [0.25, 0.3) is 0 Å². The van der Waals surface area contributed by atoms with Gasteiger partial charge in [-0.1, -0.05) is 18.1 Å². The zero-order valence-electron chi connectivity index (χ0n) is 11.4. The lowest BCUT2D eigenvalue weighted by Crippen LogP contribution is -2.30. The van der Waals surface area contributed by atoms with Crippen molar-refractivity contribution in [3.05, 3.63) is 42.2 Å². The third-order valence-electron chi connectivity index (χ3n) is 2.70. The fourth-order valence-corrected chi connectivity index (χ4v) is 1.69. The topological polar surface area (TPSA) is 79.0 Å². The van der Waals surface area contributed by atoms with Gasteiger partial charge in [-0.3, -0.25) is 5.10 Å². The van der Waals surface area contributed by atoms with Gasteiger partial charge in [0.2, 0.25) is 0 Å². The molecule has 1 aromatic heterocycles. The van der Waals surface area contributed by atoms with Crippen molar-refractivity contribution in [3.8, 4) is 18.1 Å². The number of carbonyl (C=O) groups excluding carboxylic acids is 1. The summed E-state index contributed by atoms with van der Waals surface area (Å²) in [7, 11) is 0. The smallest absolute Gasteiger partial charge is 0.319 e. The first-order valence-electron chi connectivity index (χ1n) is 6.47. The molecule has 1 heterocycles. The van der Waals surface area contributed by atoms with Gasteiger partial charge >= 0.3 is 6.03 Å². The van der Waals surface area contributed by atoms with Crippen LogP contribution in [0.2, 0.25) is 0 Å². The third-order valence-corrected chi connectivity index (χ3v) is 2.70. The highest BCUT2D eigenvalue weighted by atomic mass is 16.5. The predicted octanol–water partition coefficient (Wildman–Crippen LogP) is 1.79. The number of hydrogen-bond acceptors (Lipinski definition) is 3. The standard InChI is InChI=1S/C15H16N4O2/c1-2-9-21-14-5-3-12(4-6-14)7-8-16-15(20)19-13-10-17-18-11-13/h1,3-6,10-11H,7-9H2,(H,17,18)(H2,16,19,20). The minimum Gasteiger partial charge on any atom is -0.481 e. The molecule has 6 heteroatoms. The molecule has 3 N–H and O–H groups in total. The largest absolute Gasteiger partial charge is 0.481 e. The Balaban J connectivity index is 1.70. The summed E-state index contributed by atoms with van der Waals surface area (Å²) >= 11 is 0. The highest BCUT2D eigenvalue weighted by Gasteiger charge is 2.02. The van der Waals surface area contributed by atoms with Crippen molar-refractivity contribution in [2.24, 2.45) is 0 Å². The van der Waals surface area contributed by atoms with Crippen molar-refractivity contribution >= 4 is 11.7 Å². The molecule has 0 aliphatic carbocycles. The molecule has 0 atom stereocenters. The molecule has 108 valence electrons. The first-order chi connectivity index (χ1) is 10.3. The molecule has 0 saturated carbocycles. The number of hydrogen-bond donors (Lipinski definition) is 3. The number of benzene rings is 1. The Morgan fingerprint density at radius 3 is 2.86 bits per heavy atom. The molecule has 2 rings (SSSR count). The molecule has 1 aromatic carbocycles. The number of urea groups is 1. The average Bonchev–Trinajstić information content (AvgIpc) is 2.99. The fraction of sp³-hybridized carbons (Fsp3) is 0.200. The quantitative estimate of drug-likeness (QED) is 0.707. The van der Waals surface area contributed by atoms with Crippen molar-refractivity contribution in [1.82, 2.24) is 15.5 Å². The average molecular weight is 284 g/mol. The third kappa shape index (κ3) is 4.91. The van der Waals surface area contributed by atoms with Crippen molar-refractivity contribution in [1.29, 1.82) is 0 Å². The second kappa shape index (κ2) is 7.60. The summed E-state index contributed by atoms with van der Waals surface area (Å²) < 4.78 is 5.29. The number of rotatable bonds is 6. The van der Waals surface area contributed by atoms with E-state index in [1.54, 1.807) is 6.20 Å². The predicted molar refractivity (Wildman–Crippen MR) is 80.1 cm³/mol. The van der Waals surface area contributed by atoms with Crippen molar-refractivity contribution < 1.29 is 9.53 Å². The monoisotopic (exact) mass is 284 g/mol. The number of ether oxygens (including phenoxy) is 1. The van der Waals surface area contributed by atoms with Gasteiger partial charge in [0.1, 0.15) is 12.4 Å². The van der Waals surface area contributed by atoms with Crippen LogP contribution in [0.5, 0.6) is 5.75 Å². The molecule has 0 aliphatic heterocycles. The van der Waals surface area contributed by atoms with Crippen LogP contribution >= 0.6 is 0 Å². The van der Waals surface area contributed by atoms with Crippen molar-refractivity contribution in [3.63, 3.8) is 0 Å². The molecular weight excluding hydrogens is 268 g/mol. The first-order valence-corrected chi connectivity index (χ1v) is 6.47. The lowest BCUT2D eigenvalue weighted by Gasteiger charge is -2.07. The van der Waals surface area contributed by atoms with Crippen LogP contribution in [-0.2, 0) is 6.42 Å². The Bertz CT molecular complexity index is 600. The van der Waals surface area contributed by atoms with E-state index in [0.717, 1.165) is 17.7 Å². The van der Waals surface area contributed by atoms with E-state index in [2.05, 4.69) is 26.8 Å². The lowest BCUT2D eigenvalue weighted by atomic mass is 10.1. The Labute approximate surface area is 122 Å². The molecule has 0 saturated heterocycles. The maximum atomic E-state index is 11.6. The molecule has 0 spiro atoms. The maximum absolute atomic E-state index is 11.6. The van der Waals surface area contributed by atoms with Crippen LogP contribution in [-0.4, -0.2) is 29.4 Å². The summed E-state index contributed by atoms with van der Waals surface area (Å²) in [6.45, 7) is 0.795. The molecule has 0 fully saturated rings. The number of H-pyrrole nitrogens is 1. The zero-order valence-corrected chi connectivity index (χ0v) is 11.4. The number of aromatic nitrogens is 2. The number of nitrogens with zero attached hydrogens (tertiary/aromatic N) is 1. The van der Waals surface area contributed by atoms with Crippen molar-refractivity contribution in [2.45, 2.75) is 6.42 Å². The summed E-state index contributed by atoms with van der Waals surface area (Å²) in [5, 5.41) is 11.8. The van der Waals surface area contributed by atoms with Gasteiger partial charge in [-0.2, -0.15) is 5.10 Å². The van der Waals surface area contributed by atoms with Gasteiger partial charge in [-0.25, -0.2) is 4.79 Å².